The maximum Gasteiger partial charge on any atom is 0.303 e. The molecule has 0 aliphatic rings. The molecular formula is C15H21N3O2. The summed E-state index contributed by atoms with van der Waals surface area (Å²) in [5, 5.41) is 11.7. The van der Waals surface area contributed by atoms with E-state index >= 15 is 0 Å². The standard InChI is InChI=1S/C15H21N3O2/c1-3-12-11-13(4-2)18-15(17-12)16-10-8-6-5-7-9-14(19)20/h3-4,11H,1-2,5-10H2,(H,19,20)(H,16,17,18). The maximum atomic E-state index is 10.3. The van der Waals surface area contributed by atoms with Crippen molar-refractivity contribution in [1.82, 2.24) is 9.97 Å². The molecular weight excluding hydrogens is 254 g/mol. The largest absolute Gasteiger partial charge is 0.481 e. The van der Waals surface area contributed by atoms with E-state index in [9.17, 15) is 4.79 Å². The molecule has 0 saturated carbocycles. The molecule has 1 aromatic heterocycles. The van der Waals surface area contributed by atoms with Crippen molar-refractivity contribution >= 4 is 24.1 Å². The highest BCUT2D eigenvalue weighted by molar-refractivity contribution is 5.66. The summed E-state index contributed by atoms with van der Waals surface area (Å²) in [6.45, 7) is 8.15. The van der Waals surface area contributed by atoms with Gasteiger partial charge in [0.25, 0.3) is 0 Å². The molecule has 5 heteroatoms. The van der Waals surface area contributed by atoms with Crippen molar-refractivity contribution in [3.05, 3.63) is 30.6 Å². The van der Waals surface area contributed by atoms with Crippen LogP contribution in [0.4, 0.5) is 5.95 Å². The molecule has 0 unspecified atom stereocenters. The van der Waals surface area contributed by atoms with Crippen LogP contribution in [0, 0.1) is 0 Å². The lowest BCUT2D eigenvalue weighted by Gasteiger charge is -2.06. The molecule has 5 nitrogen and oxygen atoms in total. The molecule has 108 valence electrons. The quantitative estimate of drug-likeness (QED) is 0.641. The highest BCUT2D eigenvalue weighted by Crippen LogP contribution is 2.09. The first kappa shape index (κ1) is 15.9. The molecule has 0 aromatic carbocycles. The van der Waals surface area contributed by atoms with Crippen molar-refractivity contribution in [1.29, 1.82) is 0 Å². The van der Waals surface area contributed by atoms with Gasteiger partial charge in [-0.15, -0.1) is 0 Å². The van der Waals surface area contributed by atoms with Crippen molar-refractivity contribution in [2.45, 2.75) is 32.1 Å². The predicted molar refractivity (Wildman–Crippen MR) is 81.4 cm³/mol. The zero-order valence-corrected chi connectivity index (χ0v) is 11.6. The summed E-state index contributed by atoms with van der Waals surface area (Å²) in [5.41, 5.74) is 1.53. The highest BCUT2D eigenvalue weighted by Gasteiger charge is 2.00. The second kappa shape index (κ2) is 8.85. The minimum absolute atomic E-state index is 0.251. The molecule has 0 radical (unpaired) electrons. The van der Waals surface area contributed by atoms with E-state index < -0.39 is 5.97 Å². The fourth-order valence-corrected chi connectivity index (χ4v) is 1.73. The molecule has 2 N–H and O–H groups in total. The Hall–Kier alpha value is -2.17. The van der Waals surface area contributed by atoms with Crippen LogP contribution in [0.3, 0.4) is 0 Å². The number of unbranched alkanes of at least 4 members (excludes halogenated alkanes) is 3. The summed E-state index contributed by atoms with van der Waals surface area (Å²) in [6, 6.07) is 1.82. The minimum atomic E-state index is -0.727. The lowest BCUT2D eigenvalue weighted by atomic mass is 10.1. The number of aromatic nitrogens is 2. The van der Waals surface area contributed by atoms with Gasteiger partial charge in [-0.2, -0.15) is 0 Å². The number of anilines is 1. The van der Waals surface area contributed by atoms with Gasteiger partial charge in [-0.25, -0.2) is 9.97 Å². The van der Waals surface area contributed by atoms with Gasteiger partial charge in [0.05, 0.1) is 11.4 Å². The first-order chi connectivity index (χ1) is 9.65. The van der Waals surface area contributed by atoms with Crippen molar-refractivity contribution in [2.24, 2.45) is 0 Å². The van der Waals surface area contributed by atoms with Crippen LogP contribution in [-0.2, 0) is 4.79 Å². The number of hydrogen-bond acceptors (Lipinski definition) is 4. The average Bonchev–Trinajstić information content (AvgIpc) is 2.45. The molecule has 0 amide bonds. The van der Waals surface area contributed by atoms with Gasteiger partial charge in [-0.3, -0.25) is 4.79 Å². The number of nitrogens with one attached hydrogen (secondary N) is 1. The average molecular weight is 275 g/mol. The van der Waals surface area contributed by atoms with E-state index in [4.69, 9.17) is 5.11 Å². The first-order valence-corrected chi connectivity index (χ1v) is 6.75. The monoisotopic (exact) mass is 275 g/mol. The van der Waals surface area contributed by atoms with Gasteiger partial charge in [0.1, 0.15) is 0 Å². The Kier molecular flexibility index (Phi) is 7.03. The zero-order valence-electron chi connectivity index (χ0n) is 11.6. The summed E-state index contributed by atoms with van der Waals surface area (Å²) in [5.74, 6) is -0.155. The van der Waals surface area contributed by atoms with Gasteiger partial charge in [-0.1, -0.05) is 26.0 Å². The molecule has 1 rings (SSSR count). The van der Waals surface area contributed by atoms with E-state index in [1.54, 1.807) is 12.2 Å². The normalized spacial score (nSPS) is 10.0. The Balaban J connectivity index is 2.29. The predicted octanol–water partition coefficient (Wildman–Crippen LogP) is 3.21. The first-order valence-electron chi connectivity index (χ1n) is 6.75. The third-order valence-corrected chi connectivity index (χ3v) is 2.78. The molecule has 20 heavy (non-hydrogen) atoms. The van der Waals surface area contributed by atoms with Crippen LogP contribution in [0.5, 0.6) is 0 Å². The number of rotatable bonds is 10. The van der Waals surface area contributed by atoms with E-state index in [1.807, 2.05) is 6.07 Å². The molecule has 0 aliphatic carbocycles. The number of carbonyl (C=O) groups is 1. The summed E-state index contributed by atoms with van der Waals surface area (Å²) in [7, 11) is 0. The van der Waals surface area contributed by atoms with Crippen LogP contribution in [0.1, 0.15) is 43.5 Å². The summed E-state index contributed by atoms with van der Waals surface area (Å²) in [4.78, 5) is 18.9. The van der Waals surface area contributed by atoms with Crippen molar-refractivity contribution in [3.8, 4) is 0 Å². The molecule has 0 bridgehead atoms. The molecule has 0 saturated heterocycles. The Labute approximate surface area is 119 Å². The number of carboxylic acid groups (broad SMARTS) is 1. The van der Waals surface area contributed by atoms with Gasteiger partial charge in [0, 0.05) is 13.0 Å². The van der Waals surface area contributed by atoms with Gasteiger partial charge in [0.2, 0.25) is 5.95 Å². The van der Waals surface area contributed by atoms with Crippen LogP contribution in [0.2, 0.25) is 0 Å². The topological polar surface area (TPSA) is 75.1 Å². The number of aliphatic carboxylic acids is 1. The fourth-order valence-electron chi connectivity index (χ4n) is 1.73. The van der Waals surface area contributed by atoms with Crippen LogP contribution >= 0.6 is 0 Å². The van der Waals surface area contributed by atoms with Crippen LogP contribution in [-0.4, -0.2) is 27.6 Å². The highest BCUT2D eigenvalue weighted by atomic mass is 16.4. The van der Waals surface area contributed by atoms with Crippen molar-refractivity contribution in [2.75, 3.05) is 11.9 Å². The minimum Gasteiger partial charge on any atom is -0.481 e. The van der Waals surface area contributed by atoms with Crippen LogP contribution in [0.25, 0.3) is 12.2 Å². The van der Waals surface area contributed by atoms with Crippen molar-refractivity contribution < 1.29 is 9.90 Å². The Bertz CT molecular complexity index is 446. The smallest absolute Gasteiger partial charge is 0.303 e. The zero-order chi connectivity index (χ0) is 14.8. The SMILES string of the molecule is C=Cc1cc(C=C)nc(NCCCCCCC(=O)O)n1. The number of hydrogen-bond donors (Lipinski definition) is 2. The van der Waals surface area contributed by atoms with Gasteiger partial charge in [-0.05, 0) is 31.1 Å². The second-order valence-electron chi connectivity index (χ2n) is 4.43. The molecule has 0 spiro atoms. The third kappa shape index (κ3) is 6.13. The molecule has 0 aliphatic heterocycles. The van der Waals surface area contributed by atoms with Crippen LogP contribution in [0.15, 0.2) is 19.2 Å². The third-order valence-electron chi connectivity index (χ3n) is 2.78. The Morgan fingerprint density at radius 1 is 1.15 bits per heavy atom. The molecule has 1 heterocycles. The van der Waals surface area contributed by atoms with E-state index in [1.165, 1.54) is 0 Å². The van der Waals surface area contributed by atoms with Gasteiger partial charge < -0.3 is 10.4 Å². The summed E-state index contributed by atoms with van der Waals surface area (Å²) >= 11 is 0. The van der Waals surface area contributed by atoms with E-state index in [0.29, 0.717) is 5.95 Å². The van der Waals surface area contributed by atoms with Crippen LogP contribution < -0.4 is 5.32 Å². The number of carboxylic acids is 1. The molecule has 0 fully saturated rings. The fraction of sp³-hybridized carbons (Fsp3) is 0.400. The lowest BCUT2D eigenvalue weighted by Crippen LogP contribution is -2.07. The second-order valence-corrected chi connectivity index (χ2v) is 4.43. The summed E-state index contributed by atoms with van der Waals surface area (Å²) in [6.07, 6.45) is 7.22. The Morgan fingerprint density at radius 3 is 2.30 bits per heavy atom. The molecule has 1 aromatic rings. The lowest BCUT2D eigenvalue weighted by molar-refractivity contribution is -0.137. The summed E-state index contributed by atoms with van der Waals surface area (Å²) < 4.78 is 0. The van der Waals surface area contributed by atoms with Gasteiger partial charge in [0.15, 0.2) is 0 Å². The maximum absolute atomic E-state index is 10.3. The van der Waals surface area contributed by atoms with E-state index in [0.717, 1.165) is 43.6 Å². The van der Waals surface area contributed by atoms with E-state index in [-0.39, 0.29) is 6.42 Å². The number of nitrogens with zero attached hydrogens (tertiary/aromatic N) is 2. The van der Waals surface area contributed by atoms with E-state index in [2.05, 4.69) is 28.4 Å². The van der Waals surface area contributed by atoms with Crippen molar-refractivity contribution in [3.63, 3.8) is 0 Å². The Morgan fingerprint density at radius 2 is 1.75 bits per heavy atom. The molecule has 0 atom stereocenters. The van der Waals surface area contributed by atoms with Gasteiger partial charge >= 0.3 is 5.97 Å².